The van der Waals surface area contributed by atoms with E-state index in [1.165, 1.54) is 29.2 Å². The molecule has 0 unspecified atom stereocenters. The Bertz CT molecular complexity index is 1180. The molecular weight excluding hydrogens is 483 g/mol. The molecule has 0 aromatic heterocycles. The van der Waals surface area contributed by atoms with Crippen molar-refractivity contribution in [1.29, 1.82) is 0 Å². The minimum atomic E-state index is -3.96. The standard InChI is InChI=1S/C24H24Cl2N2O4S/c1-27(15-18-5-11-22(32-2)12-6-18)24(29)17-28(16-19-3-7-20(25)8-4-19)33(30,31)23-13-9-21(26)10-14-23/h3-14H,15-17H2,1-2H3. The molecule has 3 aromatic rings. The van der Waals surface area contributed by atoms with E-state index in [9.17, 15) is 13.2 Å². The monoisotopic (exact) mass is 506 g/mol. The van der Waals surface area contributed by atoms with Gasteiger partial charge in [-0.2, -0.15) is 4.31 Å². The molecule has 0 saturated carbocycles. The van der Waals surface area contributed by atoms with Crippen molar-refractivity contribution >= 4 is 39.1 Å². The molecule has 0 bridgehead atoms. The van der Waals surface area contributed by atoms with E-state index >= 15 is 0 Å². The van der Waals surface area contributed by atoms with Crippen molar-refractivity contribution in [2.45, 2.75) is 18.0 Å². The lowest BCUT2D eigenvalue weighted by Crippen LogP contribution is -2.40. The molecule has 6 nitrogen and oxygen atoms in total. The molecule has 174 valence electrons. The summed E-state index contributed by atoms with van der Waals surface area (Å²) in [6.07, 6.45) is 0. The minimum absolute atomic E-state index is 0.0181. The maximum Gasteiger partial charge on any atom is 0.243 e. The average Bonchev–Trinajstić information content (AvgIpc) is 2.80. The van der Waals surface area contributed by atoms with Gasteiger partial charge in [-0.05, 0) is 59.7 Å². The fourth-order valence-corrected chi connectivity index (χ4v) is 4.77. The second-order valence-corrected chi connectivity index (χ2v) is 10.3. The Kier molecular flexibility index (Phi) is 8.37. The molecule has 0 fully saturated rings. The first-order chi connectivity index (χ1) is 15.7. The van der Waals surface area contributed by atoms with E-state index in [1.54, 1.807) is 38.4 Å². The molecule has 3 aromatic carbocycles. The zero-order chi connectivity index (χ0) is 24.0. The normalized spacial score (nSPS) is 11.4. The second-order valence-electron chi connectivity index (χ2n) is 7.45. The number of carbonyl (C=O) groups excluding carboxylic acids is 1. The lowest BCUT2D eigenvalue weighted by Gasteiger charge is -2.25. The van der Waals surface area contributed by atoms with Crippen LogP contribution in [0, 0.1) is 0 Å². The van der Waals surface area contributed by atoms with Gasteiger partial charge in [0.2, 0.25) is 15.9 Å². The third-order valence-electron chi connectivity index (χ3n) is 5.04. The second kappa shape index (κ2) is 11.0. The van der Waals surface area contributed by atoms with Crippen molar-refractivity contribution in [3.63, 3.8) is 0 Å². The van der Waals surface area contributed by atoms with Crippen molar-refractivity contribution in [3.05, 3.63) is 94.0 Å². The molecular formula is C24H24Cl2N2O4S. The van der Waals surface area contributed by atoms with Crippen LogP contribution in [0.2, 0.25) is 10.0 Å². The summed E-state index contributed by atoms with van der Waals surface area (Å²) in [5.74, 6) is 0.383. The SMILES string of the molecule is COc1ccc(CN(C)C(=O)CN(Cc2ccc(Cl)cc2)S(=O)(=O)c2ccc(Cl)cc2)cc1. The number of halogens is 2. The highest BCUT2D eigenvalue weighted by Crippen LogP contribution is 2.22. The Morgan fingerprint density at radius 2 is 1.30 bits per heavy atom. The zero-order valence-corrected chi connectivity index (χ0v) is 20.6. The minimum Gasteiger partial charge on any atom is -0.497 e. The fraction of sp³-hybridized carbons (Fsp3) is 0.208. The van der Waals surface area contributed by atoms with Crippen LogP contribution in [0.1, 0.15) is 11.1 Å². The van der Waals surface area contributed by atoms with Crippen LogP contribution in [0.25, 0.3) is 0 Å². The molecule has 1 amide bonds. The first-order valence-electron chi connectivity index (χ1n) is 10.1. The summed E-state index contributed by atoms with van der Waals surface area (Å²) >= 11 is 11.9. The van der Waals surface area contributed by atoms with Gasteiger partial charge >= 0.3 is 0 Å². The van der Waals surface area contributed by atoms with E-state index in [4.69, 9.17) is 27.9 Å². The summed E-state index contributed by atoms with van der Waals surface area (Å²) < 4.78 is 33.1. The maximum atomic E-state index is 13.4. The van der Waals surface area contributed by atoms with E-state index in [1.807, 2.05) is 24.3 Å². The molecule has 0 heterocycles. The largest absolute Gasteiger partial charge is 0.497 e. The van der Waals surface area contributed by atoms with Gasteiger partial charge in [-0.15, -0.1) is 0 Å². The topological polar surface area (TPSA) is 66.9 Å². The van der Waals surface area contributed by atoms with Gasteiger partial charge in [0.1, 0.15) is 5.75 Å². The lowest BCUT2D eigenvalue weighted by atomic mass is 10.2. The Balaban J connectivity index is 1.82. The fourth-order valence-electron chi connectivity index (χ4n) is 3.14. The molecule has 3 rings (SSSR count). The number of ether oxygens (including phenoxy) is 1. The van der Waals surface area contributed by atoms with E-state index in [0.29, 0.717) is 22.2 Å². The number of nitrogens with zero attached hydrogens (tertiary/aromatic N) is 2. The van der Waals surface area contributed by atoms with E-state index in [2.05, 4.69) is 0 Å². The van der Waals surface area contributed by atoms with Crippen LogP contribution >= 0.6 is 23.2 Å². The van der Waals surface area contributed by atoms with Gasteiger partial charge in [-0.3, -0.25) is 4.79 Å². The van der Waals surface area contributed by atoms with Gasteiger partial charge in [0.25, 0.3) is 0 Å². The van der Waals surface area contributed by atoms with E-state index in [-0.39, 0.29) is 23.9 Å². The Labute approximate surface area is 204 Å². The highest BCUT2D eigenvalue weighted by Gasteiger charge is 2.28. The number of hydrogen-bond acceptors (Lipinski definition) is 4. The van der Waals surface area contributed by atoms with Crippen LogP contribution in [0.5, 0.6) is 5.75 Å². The molecule has 0 aliphatic heterocycles. The molecule has 0 aliphatic carbocycles. The number of benzene rings is 3. The predicted octanol–water partition coefficient (Wildman–Crippen LogP) is 4.85. The van der Waals surface area contributed by atoms with Crippen LogP contribution in [0.3, 0.4) is 0 Å². The van der Waals surface area contributed by atoms with Gasteiger partial charge in [0.05, 0.1) is 18.6 Å². The highest BCUT2D eigenvalue weighted by atomic mass is 35.5. The van der Waals surface area contributed by atoms with Crippen molar-refractivity contribution in [2.75, 3.05) is 20.7 Å². The molecule has 0 N–H and O–H groups in total. The number of rotatable bonds is 9. The van der Waals surface area contributed by atoms with Crippen molar-refractivity contribution in [1.82, 2.24) is 9.21 Å². The van der Waals surface area contributed by atoms with Gasteiger partial charge < -0.3 is 9.64 Å². The molecule has 0 radical (unpaired) electrons. The number of hydrogen-bond donors (Lipinski definition) is 0. The van der Waals surface area contributed by atoms with Gasteiger partial charge in [0.15, 0.2) is 0 Å². The summed E-state index contributed by atoms with van der Waals surface area (Å²) in [6, 6.07) is 20.0. The molecule has 0 aliphatic rings. The van der Waals surface area contributed by atoms with Crippen LogP contribution < -0.4 is 4.74 Å². The van der Waals surface area contributed by atoms with Crippen molar-refractivity contribution in [2.24, 2.45) is 0 Å². The van der Waals surface area contributed by atoms with Crippen LogP contribution in [-0.2, 0) is 27.9 Å². The van der Waals surface area contributed by atoms with Crippen LogP contribution in [-0.4, -0.2) is 44.2 Å². The number of sulfonamides is 1. The molecule has 0 saturated heterocycles. The lowest BCUT2D eigenvalue weighted by molar-refractivity contribution is -0.130. The molecule has 33 heavy (non-hydrogen) atoms. The predicted molar refractivity (Wildman–Crippen MR) is 130 cm³/mol. The summed E-state index contributed by atoms with van der Waals surface area (Å²) in [5.41, 5.74) is 1.61. The smallest absolute Gasteiger partial charge is 0.243 e. The maximum absolute atomic E-state index is 13.4. The van der Waals surface area contributed by atoms with Crippen LogP contribution in [0.4, 0.5) is 0 Å². The third-order valence-corrected chi connectivity index (χ3v) is 7.35. The molecule has 9 heteroatoms. The number of likely N-dealkylation sites (N-methyl/N-ethyl adjacent to an activating group) is 1. The van der Waals surface area contributed by atoms with Gasteiger partial charge in [-0.25, -0.2) is 8.42 Å². The number of amides is 1. The highest BCUT2D eigenvalue weighted by molar-refractivity contribution is 7.89. The number of methoxy groups -OCH3 is 1. The Morgan fingerprint density at radius 1 is 0.818 bits per heavy atom. The molecule has 0 atom stereocenters. The summed E-state index contributed by atoms with van der Waals surface area (Å²) in [7, 11) is -0.734. The van der Waals surface area contributed by atoms with Gasteiger partial charge in [-0.1, -0.05) is 47.5 Å². The van der Waals surface area contributed by atoms with Crippen molar-refractivity contribution in [3.8, 4) is 5.75 Å². The summed E-state index contributed by atoms with van der Waals surface area (Å²) in [6.45, 7) is 0.0308. The quantitative estimate of drug-likeness (QED) is 0.415. The van der Waals surface area contributed by atoms with E-state index in [0.717, 1.165) is 15.6 Å². The molecule has 0 spiro atoms. The first kappa shape index (κ1) is 25.1. The van der Waals surface area contributed by atoms with Crippen molar-refractivity contribution < 1.29 is 17.9 Å². The Hall–Kier alpha value is -2.58. The average molecular weight is 507 g/mol. The zero-order valence-electron chi connectivity index (χ0n) is 18.2. The van der Waals surface area contributed by atoms with E-state index < -0.39 is 10.0 Å². The van der Waals surface area contributed by atoms with Gasteiger partial charge in [0, 0.05) is 30.2 Å². The summed E-state index contributed by atoms with van der Waals surface area (Å²) in [4.78, 5) is 14.6. The summed E-state index contributed by atoms with van der Waals surface area (Å²) in [5, 5.41) is 0.967. The number of carbonyl (C=O) groups is 1. The van der Waals surface area contributed by atoms with Crippen LogP contribution in [0.15, 0.2) is 77.7 Å². The first-order valence-corrected chi connectivity index (χ1v) is 12.3. The third kappa shape index (κ3) is 6.71. The Morgan fingerprint density at radius 3 is 1.85 bits per heavy atom.